The van der Waals surface area contributed by atoms with Crippen LogP contribution in [-0.2, 0) is 13.0 Å². The lowest BCUT2D eigenvalue weighted by molar-refractivity contribution is -0.242. The number of carbonyl (C=O) groups excluding carboxylic acids is 1. The molecule has 4 heteroatoms. The summed E-state index contributed by atoms with van der Waals surface area (Å²) in [5.41, 5.74) is 8.21. The number of quaternary nitrogens is 1. The molecule has 0 radical (unpaired) electrons. The summed E-state index contributed by atoms with van der Waals surface area (Å²) in [6, 6.07) is 16.6. The molecule has 2 aromatic rings. The maximum absolute atomic E-state index is 11.3. The van der Waals surface area contributed by atoms with E-state index in [4.69, 9.17) is 0 Å². The summed E-state index contributed by atoms with van der Waals surface area (Å²) in [6.45, 7) is 5.23. The second kappa shape index (κ2) is 8.28. The first-order valence-corrected chi connectivity index (χ1v) is 9.09. The number of hydrogen-bond donors (Lipinski definition) is 2. The van der Waals surface area contributed by atoms with Crippen LogP contribution in [0.2, 0.25) is 0 Å². The molecule has 4 N–H and O–H groups in total. The van der Waals surface area contributed by atoms with Gasteiger partial charge in [-0.25, -0.2) is 4.79 Å². The Labute approximate surface area is 150 Å². The van der Waals surface area contributed by atoms with Crippen molar-refractivity contribution in [2.45, 2.75) is 32.7 Å². The highest BCUT2D eigenvalue weighted by atomic mass is 16.2. The Morgan fingerprint density at radius 2 is 1.84 bits per heavy atom. The third kappa shape index (κ3) is 4.91. The fourth-order valence-corrected chi connectivity index (χ4v) is 3.70. The maximum Gasteiger partial charge on any atom is 0.416 e. The van der Waals surface area contributed by atoms with Gasteiger partial charge >= 0.3 is 6.03 Å². The van der Waals surface area contributed by atoms with Crippen LogP contribution in [0, 0.1) is 12.8 Å². The highest BCUT2D eigenvalue weighted by Gasteiger charge is 2.21. The molecular weight excluding hydrogens is 310 g/mol. The number of nitrogens with zero attached hydrogens (tertiary/aromatic N) is 1. The molecule has 0 atom stereocenters. The van der Waals surface area contributed by atoms with Gasteiger partial charge < -0.3 is 0 Å². The van der Waals surface area contributed by atoms with Crippen molar-refractivity contribution in [1.29, 1.82) is 0 Å². The number of amides is 2. The molecule has 0 aromatic heterocycles. The predicted octanol–water partition coefficient (Wildman–Crippen LogP) is 3.22. The molecule has 2 amide bonds. The van der Waals surface area contributed by atoms with Crippen molar-refractivity contribution in [3.63, 3.8) is 0 Å². The number of nitrogens with one attached hydrogen (secondary N) is 1. The molecular formula is C21H28N3O+. The van der Waals surface area contributed by atoms with Crippen molar-refractivity contribution in [1.82, 2.24) is 4.90 Å². The number of aryl methyl sites for hydroxylation is 1. The Morgan fingerprint density at radius 3 is 2.52 bits per heavy atom. The molecule has 2 aromatic carbocycles. The molecule has 3 rings (SSSR count). The molecule has 4 nitrogen and oxygen atoms in total. The average Bonchev–Trinajstić information content (AvgIpc) is 2.60. The van der Waals surface area contributed by atoms with Crippen molar-refractivity contribution >= 4 is 11.7 Å². The van der Waals surface area contributed by atoms with E-state index in [9.17, 15) is 4.79 Å². The molecule has 1 saturated heterocycles. The zero-order valence-corrected chi connectivity index (χ0v) is 15.0. The Kier molecular flexibility index (Phi) is 5.84. The van der Waals surface area contributed by atoms with E-state index in [2.05, 4.69) is 59.3 Å². The fraction of sp³-hybridized carbons (Fsp3) is 0.381. The van der Waals surface area contributed by atoms with Crippen molar-refractivity contribution in [3.8, 4) is 0 Å². The first kappa shape index (κ1) is 17.6. The van der Waals surface area contributed by atoms with Gasteiger partial charge in [-0.1, -0.05) is 42.5 Å². The smallest absolute Gasteiger partial charge is 0.299 e. The van der Waals surface area contributed by atoms with Gasteiger partial charge in [0.2, 0.25) is 0 Å². The molecule has 132 valence electrons. The lowest BCUT2D eigenvalue weighted by Crippen LogP contribution is -2.59. The summed E-state index contributed by atoms with van der Waals surface area (Å²) in [7, 11) is 0. The zero-order chi connectivity index (χ0) is 17.6. The molecule has 0 saturated carbocycles. The topological polar surface area (TPSA) is 60.0 Å². The second-order valence-electron chi connectivity index (χ2n) is 7.06. The lowest BCUT2D eigenvalue weighted by atomic mass is 9.90. The Hall–Kier alpha value is -2.17. The van der Waals surface area contributed by atoms with Gasteiger partial charge in [0.1, 0.15) is 0 Å². The number of anilines is 1. The van der Waals surface area contributed by atoms with Gasteiger partial charge in [-0.2, -0.15) is 0 Å². The molecule has 1 aliphatic heterocycles. The van der Waals surface area contributed by atoms with E-state index >= 15 is 0 Å². The van der Waals surface area contributed by atoms with E-state index in [-0.39, 0.29) is 6.03 Å². The van der Waals surface area contributed by atoms with Gasteiger partial charge in [0, 0.05) is 6.54 Å². The lowest BCUT2D eigenvalue weighted by Gasteiger charge is -2.32. The minimum atomic E-state index is -0.256. The zero-order valence-electron chi connectivity index (χ0n) is 15.0. The summed E-state index contributed by atoms with van der Waals surface area (Å²) in [4.78, 5) is 13.9. The number of hydrogen-bond acceptors (Lipinski definition) is 2. The van der Waals surface area contributed by atoms with E-state index in [1.807, 2.05) is 12.1 Å². The number of urea groups is 1. The minimum Gasteiger partial charge on any atom is -0.299 e. The molecule has 1 fully saturated rings. The van der Waals surface area contributed by atoms with Gasteiger partial charge in [-0.3, -0.25) is 16.0 Å². The Morgan fingerprint density at radius 1 is 1.12 bits per heavy atom. The van der Waals surface area contributed by atoms with Gasteiger partial charge in [0.05, 0.1) is 5.69 Å². The monoisotopic (exact) mass is 338 g/mol. The van der Waals surface area contributed by atoms with Gasteiger partial charge in [0.15, 0.2) is 0 Å². The quantitative estimate of drug-likeness (QED) is 0.879. The van der Waals surface area contributed by atoms with Crippen LogP contribution >= 0.6 is 0 Å². The molecule has 1 heterocycles. The molecule has 0 aliphatic carbocycles. The van der Waals surface area contributed by atoms with E-state index in [1.54, 1.807) is 0 Å². The van der Waals surface area contributed by atoms with E-state index < -0.39 is 0 Å². The number of piperidine rings is 1. The highest BCUT2D eigenvalue weighted by molar-refractivity contribution is 5.82. The predicted molar refractivity (Wildman–Crippen MR) is 101 cm³/mol. The van der Waals surface area contributed by atoms with E-state index in [0.29, 0.717) is 0 Å². The normalized spacial score (nSPS) is 15.9. The number of likely N-dealkylation sites (tertiary alicyclic amines) is 1. The van der Waals surface area contributed by atoms with Gasteiger partial charge in [-0.15, -0.1) is 0 Å². The van der Waals surface area contributed by atoms with Crippen molar-refractivity contribution in [3.05, 3.63) is 65.2 Å². The highest BCUT2D eigenvalue weighted by Crippen LogP contribution is 2.26. The number of rotatable bonds is 5. The molecule has 0 bridgehead atoms. The first-order valence-electron chi connectivity index (χ1n) is 9.09. The fourth-order valence-electron chi connectivity index (χ4n) is 3.70. The van der Waals surface area contributed by atoms with Crippen LogP contribution < -0.4 is 11.1 Å². The SMILES string of the molecule is Cc1cccc(NC([NH3+])=O)c1CN1CCC(Cc2ccccc2)CC1. The molecule has 25 heavy (non-hydrogen) atoms. The van der Waals surface area contributed by atoms with Crippen LogP contribution in [0.5, 0.6) is 0 Å². The average molecular weight is 338 g/mol. The van der Waals surface area contributed by atoms with Crippen LogP contribution in [0.4, 0.5) is 10.5 Å². The third-order valence-corrected chi connectivity index (χ3v) is 5.14. The van der Waals surface area contributed by atoms with Gasteiger partial charge in [-0.05, 0) is 68.0 Å². The summed E-state index contributed by atoms with van der Waals surface area (Å²) in [5, 5.41) is 2.87. The second-order valence-corrected chi connectivity index (χ2v) is 7.06. The van der Waals surface area contributed by atoms with Crippen LogP contribution in [0.25, 0.3) is 0 Å². The van der Waals surface area contributed by atoms with Crippen molar-refractivity contribution < 1.29 is 10.5 Å². The Bertz CT molecular complexity index is 706. The molecule has 0 spiro atoms. The van der Waals surface area contributed by atoms with Crippen LogP contribution in [-0.4, -0.2) is 24.0 Å². The minimum absolute atomic E-state index is 0.256. The van der Waals surface area contributed by atoms with E-state index in [0.717, 1.165) is 31.2 Å². The molecule has 1 aliphatic rings. The van der Waals surface area contributed by atoms with Crippen LogP contribution in [0.15, 0.2) is 48.5 Å². The Balaban J connectivity index is 1.58. The third-order valence-electron chi connectivity index (χ3n) is 5.14. The standard InChI is InChI=1S/C21H27N3O/c1-16-6-5-9-20(23-21(22)25)19(16)15-24-12-10-18(11-13-24)14-17-7-3-2-4-8-17/h2-9,18H,10-15H2,1H3,(H3,22,23,25)/p+1. The summed E-state index contributed by atoms with van der Waals surface area (Å²) >= 11 is 0. The van der Waals surface area contributed by atoms with Gasteiger partial charge in [0.25, 0.3) is 0 Å². The summed E-state index contributed by atoms with van der Waals surface area (Å²) in [5.74, 6) is 0.773. The first-order chi connectivity index (χ1) is 12.1. The summed E-state index contributed by atoms with van der Waals surface area (Å²) < 4.78 is 0. The number of carbonyl (C=O) groups is 1. The molecule has 0 unspecified atom stereocenters. The maximum atomic E-state index is 11.3. The van der Waals surface area contributed by atoms with E-state index in [1.165, 1.54) is 36.0 Å². The van der Waals surface area contributed by atoms with Crippen molar-refractivity contribution in [2.75, 3.05) is 18.4 Å². The number of benzene rings is 2. The van der Waals surface area contributed by atoms with Crippen LogP contribution in [0.3, 0.4) is 0 Å². The summed E-state index contributed by atoms with van der Waals surface area (Å²) in [6.07, 6.45) is 3.65. The van der Waals surface area contributed by atoms with Crippen molar-refractivity contribution in [2.24, 2.45) is 5.92 Å². The van der Waals surface area contributed by atoms with Crippen LogP contribution in [0.1, 0.15) is 29.5 Å². The largest absolute Gasteiger partial charge is 0.416 e.